The van der Waals surface area contributed by atoms with Crippen LogP contribution in [-0.4, -0.2) is 22.8 Å². The number of hydrogen-bond donors (Lipinski definition) is 2. The van der Waals surface area contributed by atoms with Crippen molar-refractivity contribution in [2.45, 2.75) is 12.5 Å². The summed E-state index contributed by atoms with van der Waals surface area (Å²) >= 11 is 3.36. The van der Waals surface area contributed by atoms with Crippen LogP contribution in [-0.2, 0) is 11.2 Å². The lowest BCUT2D eigenvalue weighted by Crippen LogP contribution is -2.45. The van der Waals surface area contributed by atoms with Crippen molar-refractivity contribution in [3.05, 3.63) is 64.4 Å². The number of nitrogens with one attached hydrogen (secondary N) is 1. The van der Waals surface area contributed by atoms with Crippen molar-refractivity contribution in [1.82, 2.24) is 10.3 Å². The number of primary amides is 1. The minimum Gasteiger partial charge on any atom is -0.368 e. The van der Waals surface area contributed by atoms with Gasteiger partial charge in [0.2, 0.25) is 5.91 Å². The first kappa shape index (κ1) is 15.2. The lowest BCUT2D eigenvalue weighted by atomic mass is 10.1. The average Bonchev–Trinajstić information content (AvgIpc) is 2.47. The Labute approximate surface area is 130 Å². The van der Waals surface area contributed by atoms with E-state index in [-0.39, 0.29) is 5.91 Å². The molecule has 2 aromatic rings. The molecule has 5 nitrogen and oxygen atoms in total. The Kier molecular flexibility index (Phi) is 5.05. The lowest BCUT2D eigenvalue weighted by Gasteiger charge is -2.15. The Balaban J connectivity index is 2.09. The third-order valence-electron chi connectivity index (χ3n) is 2.90. The van der Waals surface area contributed by atoms with E-state index < -0.39 is 11.9 Å². The molecule has 2 rings (SSSR count). The molecule has 0 radical (unpaired) electrons. The van der Waals surface area contributed by atoms with E-state index in [4.69, 9.17) is 5.73 Å². The van der Waals surface area contributed by atoms with Crippen molar-refractivity contribution >= 4 is 27.7 Å². The molecule has 1 aromatic heterocycles. The molecule has 0 spiro atoms. The number of rotatable bonds is 5. The molecule has 6 heteroatoms. The van der Waals surface area contributed by atoms with Crippen LogP contribution in [0.3, 0.4) is 0 Å². The van der Waals surface area contributed by atoms with E-state index in [1.54, 1.807) is 18.3 Å². The van der Waals surface area contributed by atoms with Crippen molar-refractivity contribution in [3.63, 3.8) is 0 Å². The van der Waals surface area contributed by atoms with Gasteiger partial charge in [-0.1, -0.05) is 28.1 Å². The summed E-state index contributed by atoms with van der Waals surface area (Å²) in [6, 6.07) is 10.0. The second-order valence-electron chi connectivity index (χ2n) is 4.50. The Morgan fingerprint density at radius 2 is 2.10 bits per heavy atom. The van der Waals surface area contributed by atoms with Crippen molar-refractivity contribution in [2.75, 3.05) is 0 Å². The van der Waals surface area contributed by atoms with Crippen LogP contribution in [0.1, 0.15) is 15.9 Å². The van der Waals surface area contributed by atoms with Gasteiger partial charge in [0.25, 0.3) is 5.91 Å². The molecule has 21 heavy (non-hydrogen) atoms. The summed E-state index contributed by atoms with van der Waals surface area (Å²) < 4.78 is 0.904. The van der Waals surface area contributed by atoms with Gasteiger partial charge >= 0.3 is 0 Å². The van der Waals surface area contributed by atoms with Crippen LogP contribution in [0.5, 0.6) is 0 Å². The zero-order valence-corrected chi connectivity index (χ0v) is 12.7. The van der Waals surface area contributed by atoms with E-state index in [1.807, 2.05) is 24.3 Å². The number of carbonyl (C=O) groups excluding carboxylic acids is 2. The number of halogens is 1. The maximum absolute atomic E-state index is 12.0. The normalized spacial score (nSPS) is 11.7. The molecule has 0 aliphatic rings. The molecule has 0 aliphatic heterocycles. The Bertz CT molecular complexity index is 646. The van der Waals surface area contributed by atoms with E-state index in [2.05, 4.69) is 26.2 Å². The largest absolute Gasteiger partial charge is 0.368 e. The molecule has 2 amide bonds. The lowest BCUT2D eigenvalue weighted by molar-refractivity contribution is -0.119. The molecule has 0 unspecified atom stereocenters. The molecule has 0 saturated carbocycles. The van der Waals surface area contributed by atoms with Gasteiger partial charge in [-0.3, -0.25) is 14.6 Å². The molecule has 0 saturated heterocycles. The Morgan fingerprint density at radius 1 is 1.29 bits per heavy atom. The van der Waals surface area contributed by atoms with E-state index in [0.717, 1.165) is 10.0 Å². The van der Waals surface area contributed by atoms with Crippen LogP contribution < -0.4 is 11.1 Å². The van der Waals surface area contributed by atoms with Crippen molar-refractivity contribution in [1.29, 1.82) is 0 Å². The smallest absolute Gasteiger partial charge is 0.253 e. The van der Waals surface area contributed by atoms with Crippen molar-refractivity contribution < 1.29 is 9.59 Å². The standard InChI is InChI=1S/C15H14BrN3O2/c16-12-5-1-3-10(7-12)8-13(14(17)20)19-15(21)11-4-2-6-18-9-11/h1-7,9,13H,8H2,(H2,17,20)(H,19,21)/t13-/m1/s1. The highest BCUT2D eigenvalue weighted by atomic mass is 79.9. The molecule has 1 aromatic carbocycles. The summed E-state index contributed by atoms with van der Waals surface area (Å²) in [5.41, 5.74) is 6.66. The van der Waals surface area contributed by atoms with Crippen molar-refractivity contribution in [3.8, 4) is 0 Å². The quantitative estimate of drug-likeness (QED) is 0.862. The third-order valence-corrected chi connectivity index (χ3v) is 3.39. The van der Waals surface area contributed by atoms with Crippen LogP contribution in [0.2, 0.25) is 0 Å². The maximum Gasteiger partial charge on any atom is 0.253 e. The van der Waals surface area contributed by atoms with Crippen molar-refractivity contribution in [2.24, 2.45) is 5.73 Å². The number of benzene rings is 1. The molecule has 0 bridgehead atoms. The SMILES string of the molecule is NC(=O)[C@@H](Cc1cccc(Br)c1)NC(=O)c1cccnc1. The zero-order chi connectivity index (χ0) is 15.2. The molecule has 1 heterocycles. The first-order valence-corrected chi connectivity index (χ1v) is 7.10. The minimum absolute atomic E-state index is 0.334. The van der Waals surface area contributed by atoms with E-state index >= 15 is 0 Å². The third kappa shape index (κ3) is 4.39. The predicted octanol–water partition coefficient (Wildman–Crippen LogP) is 1.67. The topological polar surface area (TPSA) is 85.1 Å². The van der Waals surface area contributed by atoms with Gasteiger partial charge in [0.05, 0.1) is 5.56 Å². The van der Waals surface area contributed by atoms with Gasteiger partial charge < -0.3 is 11.1 Å². The number of nitrogens with two attached hydrogens (primary N) is 1. The summed E-state index contributed by atoms with van der Waals surface area (Å²) in [6.45, 7) is 0. The summed E-state index contributed by atoms with van der Waals surface area (Å²) in [5, 5.41) is 2.63. The molecule has 1 atom stereocenters. The molecular formula is C15H14BrN3O2. The number of aromatic nitrogens is 1. The zero-order valence-electron chi connectivity index (χ0n) is 11.1. The molecule has 0 fully saturated rings. The summed E-state index contributed by atoms with van der Waals surface area (Å²) in [4.78, 5) is 27.5. The fourth-order valence-electron chi connectivity index (χ4n) is 1.86. The van der Waals surface area contributed by atoms with Gasteiger partial charge in [-0.2, -0.15) is 0 Å². The van der Waals surface area contributed by atoms with E-state index in [9.17, 15) is 9.59 Å². The van der Waals surface area contributed by atoms with Gasteiger partial charge in [-0.05, 0) is 29.8 Å². The van der Waals surface area contributed by atoms with Gasteiger partial charge in [0.1, 0.15) is 6.04 Å². The first-order valence-electron chi connectivity index (χ1n) is 6.31. The van der Waals surface area contributed by atoms with E-state index in [0.29, 0.717) is 12.0 Å². The summed E-state index contributed by atoms with van der Waals surface area (Å²) in [6.07, 6.45) is 3.34. The van der Waals surface area contributed by atoms with Gasteiger partial charge in [0.15, 0.2) is 0 Å². The Morgan fingerprint density at radius 3 is 2.71 bits per heavy atom. The van der Waals surface area contributed by atoms with Gasteiger partial charge in [0, 0.05) is 23.3 Å². The fraction of sp³-hybridized carbons (Fsp3) is 0.133. The molecule has 0 aliphatic carbocycles. The van der Waals surface area contributed by atoms with Crippen LogP contribution in [0.4, 0.5) is 0 Å². The number of amides is 2. The van der Waals surface area contributed by atoms with Crippen LogP contribution in [0.25, 0.3) is 0 Å². The second-order valence-corrected chi connectivity index (χ2v) is 5.42. The summed E-state index contributed by atoms with van der Waals surface area (Å²) in [5.74, 6) is -0.950. The second kappa shape index (κ2) is 6.99. The number of nitrogens with zero attached hydrogens (tertiary/aromatic N) is 1. The van der Waals surface area contributed by atoms with Gasteiger partial charge in [-0.15, -0.1) is 0 Å². The predicted molar refractivity (Wildman–Crippen MR) is 82.5 cm³/mol. The van der Waals surface area contributed by atoms with Crippen LogP contribution in [0, 0.1) is 0 Å². The van der Waals surface area contributed by atoms with Crippen LogP contribution in [0.15, 0.2) is 53.3 Å². The maximum atomic E-state index is 12.0. The Hall–Kier alpha value is -2.21. The number of hydrogen-bond acceptors (Lipinski definition) is 3. The van der Waals surface area contributed by atoms with Crippen LogP contribution >= 0.6 is 15.9 Å². The molecule has 3 N–H and O–H groups in total. The molecule has 108 valence electrons. The molecular weight excluding hydrogens is 334 g/mol. The highest BCUT2D eigenvalue weighted by Gasteiger charge is 2.19. The number of pyridine rings is 1. The fourth-order valence-corrected chi connectivity index (χ4v) is 2.31. The number of carbonyl (C=O) groups is 2. The van der Waals surface area contributed by atoms with Gasteiger partial charge in [-0.25, -0.2) is 0 Å². The minimum atomic E-state index is -0.771. The van der Waals surface area contributed by atoms with E-state index in [1.165, 1.54) is 6.20 Å². The highest BCUT2D eigenvalue weighted by molar-refractivity contribution is 9.10. The average molecular weight is 348 g/mol. The monoisotopic (exact) mass is 347 g/mol. The summed E-state index contributed by atoms with van der Waals surface area (Å²) in [7, 11) is 0. The first-order chi connectivity index (χ1) is 10.1. The highest BCUT2D eigenvalue weighted by Crippen LogP contribution is 2.13.